The normalized spacial score (nSPS) is 19.6. The van der Waals surface area contributed by atoms with Crippen molar-refractivity contribution in [2.24, 2.45) is 0 Å². The van der Waals surface area contributed by atoms with Gasteiger partial charge in [-0.1, -0.05) is 13.3 Å². The molecule has 1 atom stereocenters. The van der Waals surface area contributed by atoms with Crippen LogP contribution in [0.15, 0.2) is 23.1 Å². The van der Waals surface area contributed by atoms with Crippen molar-refractivity contribution in [2.45, 2.75) is 30.7 Å². The van der Waals surface area contributed by atoms with Crippen LogP contribution in [-0.4, -0.2) is 45.5 Å². The molecular weight excluding hydrogens is 302 g/mol. The zero-order valence-corrected chi connectivity index (χ0v) is 13.7. The van der Waals surface area contributed by atoms with Crippen LogP contribution in [0, 0.1) is 11.3 Å². The molecule has 1 aromatic carbocycles. The van der Waals surface area contributed by atoms with E-state index in [4.69, 9.17) is 10.00 Å². The van der Waals surface area contributed by atoms with E-state index in [1.807, 2.05) is 13.0 Å². The number of rotatable bonds is 5. The van der Waals surface area contributed by atoms with E-state index < -0.39 is 10.0 Å². The van der Waals surface area contributed by atoms with Crippen LogP contribution < -0.4 is 10.1 Å². The molecular formula is C15H21N3O3S. The Bertz CT molecular complexity index is 665. The number of nitriles is 1. The van der Waals surface area contributed by atoms with Crippen LogP contribution in [0.25, 0.3) is 0 Å². The summed E-state index contributed by atoms with van der Waals surface area (Å²) in [5, 5.41) is 12.2. The predicted molar refractivity (Wildman–Crippen MR) is 83.2 cm³/mol. The highest BCUT2D eigenvalue weighted by Crippen LogP contribution is 2.30. The molecule has 1 saturated heterocycles. The molecule has 1 aromatic rings. The number of hydrogen-bond acceptors (Lipinski definition) is 5. The molecule has 0 aromatic heterocycles. The van der Waals surface area contributed by atoms with Crippen molar-refractivity contribution < 1.29 is 13.2 Å². The maximum Gasteiger partial charge on any atom is 0.247 e. The Kier molecular flexibility index (Phi) is 5.40. The molecule has 6 nitrogen and oxygen atoms in total. The Morgan fingerprint density at radius 1 is 1.50 bits per heavy atom. The number of methoxy groups -OCH3 is 1. The zero-order chi connectivity index (χ0) is 16.2. The maximum atomic E-state index is 13.0. The molecule has 1 aliphatic heterocycles. The highest BCUT2D eigenvalue weighted by atomic mass is 32.2. The summed E-state index contributed by atoms with van der Waals surface area (Å²) >= 11 is 0. The molecule has 0 bridgehead atoms. The van der Waals surface area contributed by atoms with Gasteiger partial charge in [0, 0.05) is 25.7 Å². The first-order chi connectivity index (χ1) is 10.5. The number of nitrogens with zero attached hydrogens (tertiary/aromatic N) is 2. The van der Waals surface area contributed by atoms with E-state index in [1.165, 1.54) is 25.3 Å². The monoisotopic (exact) mass is 323 g/mol. The van der Waals surface area contributed by atoms with Crippen molar-refractivity contribution in [3.63, 3.8) is 0 Å². The summed E-state index contributed by atoms with van der Waals surface area (Å²) < 4.78 is 32.7. The third kappa shape index (κ3) is 3.24. The lowest BCUT2D eigenvalue weighted by atomic mass is 10.1. The highest BCUT2D eigenvalue weighted by molar-refractivity contribution is 7.89. The minimum Gasteiger partial charge on any atom is -0.495 e. The van der Waals surface area contributed by atoms with E-state index in [1.54, 1.807) is 4.31 Å². The van der Waals surface area contributed by atoms with Crippen LogP contribution in [-0.2, 0) is 10.0 Å². The number of sulfonamides is 1. The third-order valence-corrected chi connectivity index (χ3v) is 5.79. The largest absolute Gasteiger partial charge is 0.495 e. The van der Waals surface area contributed by atoms with E-state index in [0.29, 0.717) is 25.2 Å². The van der Waals surface area contributed by atoms with Crippen molar-refractivity contribution in [2.75, 3.05) is 26.7 Å². The van der Waals surface area contributed by atoms with Gasteiger partial charge in [-0.15, -0.1) is 0 Å². The van der Waals surface area contributed by atoms with Crippen molar-refractivity contribution in [3.05, 3.63) is 23.8 Å². The van der Waals surface area contributed by atoms with Gasteiger partial charge in [0.05, 0.1) is 18.7 Å². The third-order valence-electron chi connectivity index (χ3n) is 3.80. The topological polar surface area (TPSA) is 82.4 Å². The number of hydrogen-bond donors (Lipinski definition) is 1. The molecule has 1 fully saturated rings. The quantitative estimate of drug-likeness (QED) is 0.884. The lowest BCUT2D eigenvalue weighted by molar-refractivity contribution is 0.253. The molecule has 0 saturated carbocycles. The lowest BCUT2D eigenvalue weighted by Crippen LogP contribution is -2.53. The van der Waals surface area contributed by atoms with Crippen LogP contribution in [0.5, 0.6) is 5.75 Å². The molecule has 0 radical (unpaired) electrons. The molecule has 120 valence electrons. The molecule has 7 heteroatoms. The predicted octanol–water partition coefficient (Wildman–Crippen LogP) is 1.33. The molecule has 2 rings (SSSR count). The Balaban J connectivity index is 2.43. The molecule has 22 heavy (non-hydrogen) atoms. The number of piperazine rings is 1. The number of benzene rings is 1. The van der Waals surface area contributed by atoms with Gasteiger partial charge < -0.3 is 10.1 Å². The Morgan fingerprint density at radius 3 is 2.91 bits per heavy atom. The fraction of sp³-hybridized carbons (Fsp3) is 0.533. The summed E-state index contributed by atoms with van der Waals surface area (Å²) in [7, 11) is -2.23. The van der Waals surface area contributed by atoms with Gasteiger partial charge in [-0.2, -0.15) is 9.57 Å². The second-order valence-electron chi connectivity index (χ2n) is 5.24. The maximum absolute atomic E-state index is 13.0. The Hall–Kier alpha value is -1.62. The van der Waals surface area contributed by atoms with Crippen molar-refractivity contribution in [1.82, 2.24) is 9.62 Å². The van der Waals surface area contributed by atoms with Crippen LogP contribution in [0.4, 0.5) is 0 Å². The zero-order valence-electron chi connectivity index (χ0n) is 12.9. The molecule has 1 heterocycles. The second-order valence-corrected chi connectivity index (χ2v) is 7.10. The lowest BCUT2D eigenvalue weighted by Gasteiger charge is -2.35. The van der Waals surface area contributed by atoms with Gasteiger partial charge in [-0.25, -0.2) is 8.42 Å². The molecule has 1 aliphatic rings. The van der Waals surface area contributed by atoms with E-state index in [-0.39, 0.29) is 16.7 Å². The summed E-state index contributed by atoms with van der Waals surface area (Å²) in [6.45, 7) is 3.78. The summed E-state index contributed by atoms with van der Waals surface area (Å²) in [5.74, 6) is 0.216. The first-order valence-electron chi connectivity index (χ1n) is 7.35. The Labute approximate surface area is 131 Å². The van der Waals surface area contributed by atoms with Crippen molar-refractivity contribution in [1.29, 1.82) is 5.26 Å². The van der Waals surface area contributed by atoms with E-state index in [0.717, 1.165) is 12.8 Å². The van der Waals surface area contributed by atoms with Crippen molar-refractivity contribution in [3.8, 4) is 11.8 Å². The molecule has 0 amide bonds. The van der Waals surface area contributed by atoms with Gasteiger partial charge in [0.15, 0.2) is 0 Å². The fourth-order valence-electron chi connectivity index (χ4n) is 2.71. The smallest absolute Gasteiger partial charge is 0.247 e. The van der Waals surface area contributed by atoms with Gasteiger partial charge in [0.25, 0.3) is 0 Å². The second kappa shape index (κ2) is 7.09. The summed E-state index contributed by atoms with van der Waals surface area (Å²) in [6, 6.07) is 6.36. The first-order valence-corrected chi connectivity index (χ1v) is 8.79. The average Bonchev–Trinajstić information content (AvgIpc) is 2.54. The summed E-state index contributed by atoms with van der Waals surface area (Å²) in [5.41, 5.74) is 0.376. The summed E-state index contributed by atoms with van der Waals surface area (Å²) in [4.78, 5) is 0.122. The van der Waals surface area contributed by atoms with Crippen LogP contribution in [0.3, 0.4) is 0 Å². The SMILES string of the molecule is CCCC1CNCCN1S(=O)(=O)c1ccc(C#N)cc1OC. The number of ether oxygens (including phenoxy) is 1. The first kappa shape index (κ1) is 16.7. The van der Waals surface area contributed by atoms with Gasteiger partial charge in [0.2, 0.25) is 10.0 Å². The van der Waals surface area contributed by atoms with Crippen LogP contribution >= 0.6 is 0 Å². The highest BCUT2D eigenvalue weighted by Gasteiger charge is 2.34. The van der Waals surface area contributed by atoms with Crippen LogP contribution in [0.2, 0.25) is 0 Å². The van der Waals surface area contributed by atoms with E-state index in [9.17, 15) is 8.42 Å². The molecule has 0 aliphatic carbocycles. The van der Waals surface area contributed by atoms with Crippen molar-refractivity contribution >= 4 is 10.0 Å². The minimum absolute atomic E-state index is 0.0518. The van der Waals surface area contributed by atoms with Crippen LogP contribution in [0.1, 0.15) is 25.3 Å². The number of nitrogens with one attached hydrogen (secondary N) is 1. The van der Waals surface area contributed by atoms with Gasteiger partial charge in [0.1, 0.15) is 10.6 Å². The van der Waals surface area contributed by atoms with E-state index in [2.05, 4.69) is 5.32 Å². The van der Waals surface area contributed by atoms with Gasteiger partial charge >= 0.3 is 0 Å². The van der Waals surface area contributed by atoms with E-state index >= 15 is 0 Å². The van der Waals surface area contributed by atoms with Gasteiger partial charge in [-0.3, -0.25) is 0 Å². The molecule has 1 unspecified atom stereocenters. The standard InChI is InChI=1S/C15H21N3O3S/c1-3-4-13-11-17-7-8-18(13)22(19,20)15-6-5-12(10-16)9-14(15)21-2/h5-6,9,13,17H,3-4,7-8,11H2,1-2H3. The Morgan fingerprint density at radius 2 is 2.27 bits per heavy atom. The summed E-state index contributed by atoms with van der Waals surface area (Å²) in [6.07, 6.45) is 1.73. The minimum atomic E-state index is -3.64. The fourth-order valence-corrected chi connectivity index (χ4v) is 4.51. The molecule has 0 spiro atoms. The molecule has 1 N–H and O–H groups in total. The van der Waals surface area contributed by atoms with Gasteiger partial charge in [-0.05, 0) is 24.6 Å². The average molecular weight is 323 g/mol.